The molecule has 49 heavy (non-hydrogen) atoms. The van der Waals surface area contributed by atoms with Crippen LogP contribution in [-0.4, -0.2) is 62.1 Å². The van der Waals surface area contributed by atoms with E-state index in [4.69, 9.17) is 16.2 Å². The third kappa shape index (κ3) is 11.5. The molecule has 10 heteroatoms. The zero-order valence-electron chi connectivity index (χ0n) is 31.5. The molecule has 0 heterocycles. The van der Waals surface area contributed by atoms with Crippen molar-refractivity contribution in [3.05, 3.63) is 11.6 Å². The Morgan fingerprint density at radius 1 is 0.878 bits per heavy atom. The van der Waals surface area contributed by atoms with E-state index in [1.165, 1.54) is 56.9 Å². The SMILES string of the molecule is CC(C)CCC[C@@H](C)[C@H]1CC[C@H]2[C@@H]3CC=C4C[C@@H](OC(=O)C(=O)N(CCCN)CCCCNCCCN)CC[C@]4(C)[C@H]3CC[C@]12C.Cl.Cl.Cl. The number of unbranched alkanes of at least 4 members (excludes halogenated alkanes) is 1. The second-order valence-electron chi connectivity index (χ2n) is 16.6. The smallest absolute Gasteiger partial charge is 0.397 e. The Morgan fingerprint density at radius 2 is 1.57 bits per heavy atom. The first-order valence-corrected chi connectivity index (χ1v) is 19.3. The first-order chi connectivity index (χ1) is 22.0. The number of nitrogens with zero attached hydrogens (tertiary/aromatic N) is 1. The molecule has 8 atom stereocenters. The van der Waals surface area contributed by atoms with Crippen LogP contribution in [0.5, 0.6) is 0 Å². The van der Waals surface area contributed by atoms with E-state index in [2.05, 4.69) is 46.0 Å². The van der Waals surface area contributed by atoms with Crippen molar-refractivity contribution >= 4 is 49.1 Å². The monoisotopic (exact) mass is 750 g/mol. The summed E-state index contributed by atoms with van der Waals surface area (Å²) in [5.41, 5.74) is 13.5. The van der Waals surface area contributed by atoms with Crippen LogP contribution in [0.4, 0.5) is 0 Å². The molecule has 3 fully saturated rings. The average molecular weight is 752 g/mol. The minimum absolute atomic E-state index is 0. The van der Waals surface area contributed by atoms with E-state index in [1.807, 2.05) is 0 Å². The lowest BCUT2D eigenvalue weighted by atomic mass is 9.47. The van der Waals surface area contributed by atoms with Crippen LogP contribution in [0.2, 0.25) is 0 Å². The molecule has 5 N–H and O–H groups in total. The number of nitrogens with one attached hydrogen (secondary N) is 1. The Bertz CT molecular complexity index is 1030. The number of carbonyl (C=O) groups is 2. The van der Waals surface area contributed by atoms with Crippen LogP contribution < -0.4 is 16.8 Å². The van der Waals surface area contributed by atoms with E-state index in [0.29, 0.717) is 38.0 Å². The number of carbonyl (C=O) groups excluding carboxylic acids is 2. The number of hydrogen-bond donors (Lipinski definition) is 3. The van der Waals surface area contributed by atoms with Crippen molar-refractivity contribution in [2.75, 3.05) is 39.3 Å². The number of fused-ring (bicyclic) bond motifs is 5. The maximum atomic E-state index is 13.2. The number of rotatable bonds is 17. The van der Waals surface area contributed by atoms with Crippen LogP contribution in [0.25, 0.3) is 0 Å². The van der Waals surface area contributed by atoms with Gasteiger partial charge >= 0.3 is 11.9 Å². The topological polar surface area (TPSA) is 111 Å². The second kappa shape index (κ2) is 21.8. The molecule has 0 aromatic carbocycles. The summed E-state index contributed by atoms with van der Waals surface area (Å²) in [5, 5.41) is 3.38. The van der Waals surface area contributed by atoms with Crippen LogP contribution >= 0.6 is 37.2 Å². The molecule has 0 radical (unpaired) electrons. The molecule has 0 unspecified atom stereocenters. The number of ether oxygens (including phenoxy) is 1. The van der Waals surface area contributed by atoms with Gasteiger partial charge in [0.1, 0.15) is 6.10 Å². The van der Waals surface area contributed by atoms with Crippen LogP contribution in [0.3, 0.4) is 0 Å². The van der Waals surface area contributed by atoms with Gasteiger partial charge in [0, 0.05) is 19.5 Å². The normalized spacial score (nSPS) is 30.7. The molecule has 7 nitrogen and oxygen atoms in total. The van der Waals surface area contributed by atoms with Gasteiger partial charge in [0.15, 0.2) is 0 Å². The van der Waals surface area contributed by atoms with Crippen LogP contribution in [0.1, 0.15) is 131 Å². The van der Waals surface area contributed by atoms with Gasteiger partial charge in [0.05, 0.1) is 0 Å². The van der Waals surface area contributed by atoms with E-state index in [9.17, 15) is 9.59 Å². The standard InChI is InChI=1S/C39H70N4O3.3ClH/c1-28(2)11-8-12-29(3)33-15-16-34-32-14-13-30-27-31(17-19-38(30,4)35(32)18-20-39(33,34)5)46-37(45)36(44)43(26-10-22-41)25-7-6-23-42-24-9-21-40;;;/h13,28-29,31-35,42H,6-12,14-27,40-41H2,1-5H3;3*1H/t29-,31+,32+,33-,34+,35+,38+,39-;;;/m1.../s1. The lowest BCUT2D eigenvalue weighted by molar-refractivity contribution is -0.165. The number of esters is 1. The molecule has 4 aliphatic rings. The van der Waals surface area contributed by atoms with E-state index < -0.39 is 11.9 Å². The lowest BCUT2D eigenvalue weighted by Crippen LogP contribution is -2.51. The van der Waals surface area contributed by atoms with Gasteiger partial charge in [0.2, 0.25) is 0 Å². The van der Waals surface area contributed by atoms with Crippen LogP contribution in [0.15, 0.2) is 11.6 Å². The number of halogens is 3. The predicted octanol–water partition coefficient (Wildman–Crippen LogP) is 8.10. The maximum absolute atomic E-state index is 13.2. The average Bonchev–Trinajstić information content (AvgIpc) is 3.39. The van der Waals surface area contributed by atoms with E-state index in [-0.39, 0.29) is 48.7 Å². The molecule has 0 aromatic heterocycles. The number of amides is 1. The van der Waals surface area contributed by atoms with Gasteiger partial charge in [-0.3, -0.25) is 4.79 Å². The highest BCUT2D eigenvalue weighted by molar-refractivity contribution is 6.32. The van der Waals surface area contributed by atoms with Crippen LogP contribution in [0, 0.1) is 46.3 Å². The minimum Gasteiger partial charge on any atom is -0.455 e. The predicted molar refractivity (Wildman–Crippen MR) is 211 cm³/mol. The summed E-state index contributed by atoms with van der Waals surface area (Å²) in [6, 6.07) is 0. The molecule has 4 aliphatic carbocycles. The third-order valence-electron chi connectivity index (χ3n) is 13.2. The molecule has 0 saturated heterocycles. The summed E-state index contributed by atoms with van der Waals surface area (Å²) in [6.45, 7) is 16.5. The highest BCUT2D eigenvalue weighted by Crippen LogP contribution is 2.67. The van der Waals surface area contributed by atoms with Gasteiger partial charge in [-0.05, 0) is 143 Å². The molecule has 0 aromatic rings. The Kier molecular flexibility index (Phi) is 20.7. The molecule has 1 amide bonds. The summed E-state index contributed by atoms with van der Waals surface area (Å²) in [5.74, 6) is 3.68. The summed E-state index contributed by atoms with van der Waals surface area (Å²) in [7, 11) is 0. The van der Waals surface area contributed by atoms with Crippen molar-refractivity contribution in [1.82, 2.24) is 10.2 Å². The summed E-state index contributed by atoms with van der Waals surface area (Å²) in [6.07, 6.45) is 19.3. The Labute approximate surface area is 318 Å². The highest BCUT2D eigenvalue weighted by atomic mass is 35.5. The largest absolute Gasteiger partial charge is 0.455 e. The molecule has 0 aliphatic heterocycles. The molecule has 4 rings (SSSR count). The van der Waals surface area contributed by atoms with Gasteiger partial charge in [-0.1, -0.05) is 65.5 Å². The summed E-state index contributed by atoms with van der Waals surface area (Å²) < 4.78 is 5.96. The van der Waals surface area contributed by atoms with Gasteiger partial charge < -0.3 is 26.4 Å². The summed E-state index contributed by atoms with van der Waals surface area (Å²) >= 11 is 0. The zero-order chi connectivity index (χ0) is 33.3. The Hall–Kier alpha value is -0.570. The fourth-order valence-corrected chi connectivity index (χ4v) is 10.6. The van der Waals surface area contributed by atoms with Crippen molar-refractivity contribution < 1.29 is 14.3 Å². The van der Waals surface area contributed by atoms with Crippen molar-refractivity contribution in [2.45, 2.75) is 137 Å². The summed E-state index contributed by atoms with van der Waals surface area (Å²) in [4.78, 5) is 28.0. The fraction of sp³-hybridized carbons (Fsp3) is 0.897. The Morgan fingerprint density at radius 3 is 2.27 bits per heavy atom. The quantitative estimate of drug-likeness (QED) is 0.0600. The van der Waals surface area contributed by atoms with Crippen molar-refractivity contribution in [3.63, 3.8) is 0 Å². The minimum atomic E-state index is -0.686. The molecule has 0 bridgehead atoms. The third-order valence-corrected chi connectivity index (χ3v) is 13.2. The Balaban J connectivity index is 0.00000400. The maximum Gasteiger partial charge on any atom is 0.397 e. The van der Waals surface area contributed by atoms with E-state index in [0.717, 1.165) is 87.1 Å². The zero-order valence-corrected chi connectivity index (χ0v) is 34.0. The van der Waals surface area contributed by atoms with Crippen LogP contribution in [-0.2, 0) is 14.3 Å². The molecule has 3 saturated carbocycles. The van der Waals surface area contributed by atoms with Crippen molar-refractivity contribution in [3.8, 4) is 0 Å². The van der Waals surface area contributed by atoms with Gasteiger partial charge in [0.25, 0.3) is 0 Å². The number of hydrogen-bond acceptors (Lipinski definition) is 6. The second-order valence-corrected chi connectivity index (χ2v) is 16.6. The van der Waals surface area contributed by atoms with E-state index in [1.54, 1.807) is 4.90 Å². The lowest BCUT2D eigenvalue weighted by Gasteiger charge is -2.58. The van der Waals surface area contributed by atoms with Crippen molar-refractivity contribution in [2.24, 2.45) is 57.8 Å². The van der Waals surface area contributed by atoms with E-state index >= 15 is 0 Å². The molecule has 288 valence electrons. The molecular formula is C39H73Cl3N4O3. The molecule has 0 spiro atoms. The van der Waals surface area contributed by atoms with Gasteiger partial charge in [-0.15, -0.1) is 37.2 Å². The fourth-order valence-electron chi connectivity index (χ4n) is 10.6. The number of allylic oxidation sites excluding steroid dienone is 1. The van der Waals surface area contributed by atoms with Gasteiger partial charge in [-0.2, -0.15) is 0 Å². The number of nitrogens with two attached hydrogens (primary N) is 2. The van der Waals surface area contributed by atoms with Gasteiger partial charge in [-0.25, -0.2) is 4.79 Å². The first-order valence-electron chi connectivity index (χ1n) is 19.3. The highest BCUT2D eigenvalue weighted by Gasteiger charge is 2.59. The first kappa shape index (κ1) is 46.5. The molecular weight excluding hydrogens is 679 g/mol. The van der Waals surface area contributed by atoms with Crippen molar-refractivity contribution in [1.29, 1.82) is 0 Å².